The number of carbonyl (C=O) groups is 4. The summed E-state index contributed by atoms with van der Waals surface area (Å²) in [5, 5.41) is 2.71. The third kappa shape index (κ3) is 3.12. The number of nitrogens with zero attached hydrogens (tertiary/aromatic N) is 2. The lowest BCUT2D eigenvalue weighted by Gasteiger charge is -2.29. The maximum absolute atomic E-state index is 12.8. The fourth-order valence-corrected chi connectivity index (χ4v) is 3.54. The number of amides is 4. The first-order chi connectivity index (χ1) is 14.4. The summed E-state index contributed by atoms with van der Waals surface area (Å²) in [5.74, 6) is -1.24. The smallest absolute Gasteiger partial charge is 0.265 e. The number of benzene rings is 2. The zero-order chi connectivity index (χ0) is 21.4. The Hall–Kier alpha value is -3.94. The summed E-state index contributed by atoms with van der Waals surface area (Å²) in [6.45, 7) is 5.39. The Morgan fingerprint density at radius 2 is 1.83 bits per heavy atom. The zero-order valence-electron chi connectivity index (χ0n) is 16.3. The summed E-state index contributed by atoms with van der Waals surface area (Å²) < 4.78 is 5.48. The van der Waals surface area contributed by atoms with Gasteiger partial charge in [-0.25, -0.2) is 0 Å². The first kappa shape index (κ1) is 19.4. The van der Waals surface area contributed by atoms with Gasteiger partial charge in [-0.3, -0.25) is 24.1 Å². The number of nitrogens with one attached hydrogen (secondary N) is 1. The molecule has 30 heavy (non-hydrogen) atoms. The van der Waals surface area contributed by atoms with Crippen LogP contribution in [0.4, 0.5) is 11.4 Å². The molecule has 2 aliphatic rings. The number of imide groups is 1. The molecule has 0 aromatic heterocycles. The largest absolute Gasteiger partial charge is 0.481 e. The molecule has 0 radical (unpaired) electrons. The second-order valence-corrected chi connectivity index (χ2v) is 6.96. The van der Waals surface area contributed by atoms with Gasteiger partial charge >= 0.3 is 0 Å². The number of rotatable bonds is 5. The van der Waals surface area contributed by atoms with Crippen LogP contribution in [0.3, 0.4) is 0 Å². The minimum Gasteiger partial charge on any atom is -0.481 e. The lowest BCUT2D eigenvalue weighted by Crippen LogP contribution is -2.45. The maximum atomic E-state index is 12.8. The van der Waals surface area contributed by atoms with E-state index in [1.54, 1.807) is 53.4 Å². The van der Waals surface area contributed by atoms with Gasteiger partial charge in [0.25, 0.3) is 17.7 Å². The molecule has 1 N–H and O–H groups in total. The zero-order valence-corrected chi connectivity index (χ0v) is 16.3. The van der Waals surface area contributed by atoms with Gasteiger partial charge in [0.15, 0.2) is 6.61 Å². The molecule has 0 saturated heterocycles. The Morgan fingerprint density at radius 3 is 2.47 bits per heavy atom. The van der Waals surface area contributed by atoms with E-state index in [-0.39, 0.29) is 23.6 Å². The molecule has 2 aliphatic heterocycles. The summed E-state index contributed by atoms with van der Waals surface area (Å²) in [4.78, 5) is 52.4. The minimum atomic E-state index is -1.01. The van der Waals surface area contributed by atoms with Crippen LogP contribution in [0.1, 0.15) is 27.6 Å². The van der Waals surface area contributed by atoms with Crippen molar-refractivity contribution in [3.63, 3.8) is 0 Å². The van der Waals surface area contributed by atoms with E-state index in [4.69, 9.17) is 4.74 Å². The van der Waals surface area contributed by atoms with Crippen molar-refractivity contribution < 1.29 is 23.9 Å². The van der Waals surface area contributed by atoms with Gasteiger partial charge in [-0.15, -0.1) is 6.58 Å². The van der Waals surface area contributed by atoms with Crippen LogP contribution in [0, 0.1) is 0 Å². The molecular weight excluding hydrogens is 386 g/mol. The quantitative estimate of drug-likeness (QED) is 0.608. The molecule has 1 atom stereocenters. The van der Waals surface area contributed by atoms with Crippen LogP contribution in [0.25, 0.3) is 0 Å². The molecular formula is C22H19N3O5. The van der Waals surface area contributed by atoms with E-state index in [9.17, 15) is 19.2 Å². The minimum absolute atomic E-state index is 0.107. The number of anilines is 2. The van der Waals surface area contributed by atoms with Gasteiger partial charge in [-0.2, -0.15) is 0 Å². The number of hydrogen-bond donors (Lipinski definition) is 1. The predicted molar refractivity (Wildman–Crippen MR) is 110 cm³/mol. The van der Waals surface area contributed by atoms with E-state index in [1.165, 1.54) is 6.92 Å². The molecule has 2 heterocycles. The molecule has 2 aromatic carbocycles. The third-order valence-corrected chi connectivity index (χ3v) is 5.07. The van der Waals surface area contributed by atoms with E-state index in [0.29, 0.717) is 23.7 Å². The van der Waals surface area contributed by atoms with E-state index in [0.717, 1.165) is 4.90 Å². The molecule has 2 aromatic rings. The van der Waals surface area contributed by atoms with Gasteiger partial charge in [0.2, 0.25) is 5.91 Å². The molecule has 1 unspecified atom stereocenters. The first-order valence-corrected chi connectivity index (χ1v) is 9.38. The van der Waals surface area contributed by atoms with E-state index in [1.807, 2.05) is 0 Å². The Balaban J connectivity index is 1.52. The second kappa shape index (κ2) is 7.47. The highest BCUT2D eigenvalue weighted by Gasteiger charge is 2.40. The van der Waals surface area contributed by atoms with Gasteiger partial charge < -0.3 is 15.0 Å². The highest BCUT2D eigenvalue weighted by atomic mass is 16.5. The summed E-state index contributed by atoms with van der Waals surface area (Å²) in [7, 11) is 0. The summed E-state index contributed by atoms with van der Waals surface area (Å²) in [6, 6.07) is 10.4. The van der Waals surface area contributed by atoms with Crippen molar-refractivity contribution in [1.29, 1.82) is 0 Å². The monoisotopic (exact) mass is 405 g/mol. The van der Waals surface area contributed by atoms with Crippen LogP contribution in [-0.2, 0) is 9.59 Å². The van der Waals surface area contributed by atoms with Crippen molar-refractivity contribution in [3.05, 3.63) is 66.2 Å². The van der Waals surface area contributed by atoms with Gasteiger partial charge in [-0.1, -0.05) is 18.2 Å². The van der Waals surface area contributed by atoms with E-state index >= 15 is 0 Å². The fraction of sp³-hybridized carbons (Fsp3) is 0.182. The van der Waals surface area contributed by atoms with Gasteiger partial charge in [0.1, 0.15) is 11.8 Å². The average molecular weight is 405 g/mol. The highest BCUT2D eigenvalue weighted by Crippen LogP contribution is 2.34. The molecule has 0 bridgehead atoms. The van der Waals surface area contributed by atoms with Crippen LogP contribution in [0.5, 0.6) is 5.75 Å². The van der Waals surface area contributed by atoms with Gasteiger partial charge in [-0.05, 0) is 31.2 Å². The van der Waals surface area contributed by atoms with Crippen LogP contribution < -0.4 is 15.0 Å². The highest BCUT2D eigenvalue weighted by molar-refractivity contribution is 6.23. The Labute approximate surface area is 172 Å². The van der Waals surface area contributed by atoms with Crippen molar-refractivity contribution in [2.45, 2.75) is 13.0 Å². The van der Waals surface area contributed by atoms with E-state index < -0.39 is 23.8 Å². The number of carbonyl (C=O) groups excluding carboxylic acids is 4. The topological polar surface area (TPSA) is 96.0 Å². The van der Waals surface area contributed by atoms with Crippen molar-refractivity contribution in [2.24, 2.45) is 0 Å². The van der Waals surface area contributed by atoms with Gasteiger partial charge in [0, 0.05) is 18.3 Å². The molecule has 0 spiro atoms. The van der Waals surface area contributed by atoms with Crippen LogP contribution >= 0.6 is 0 Å². The number of ether oxygens (including phenoxy) is 1. The van der Waals surface area contributed by atoms with Crippen molar-refractivity contribution in [2.75, 3.05) is 23.4 Å². The maximum Gasteiger partial charge on any atom is 0.265 e. The molecule has 0 saturated carbocycles. The third-order valence-electron chi connectivity index (χ3n) is 5.07. The van der Waals surface area contributed by atoms with Crippen LogP contribution in [-0.4, -0.2) is 47.7 Å². The van der Waals surface area contributed by atoms with Crippen molar-refractivity contribution >= 4 is 35.0 Å². The Bertz CT molecular complexity index is 1060. The second-order valence-electron chi connectivity index (χ2n) is 6.96. The molecule has 0 fully saturated rings. The predicted octanol–water partition coefficient (Wildman–Crippen LogP) is 2.22. The van der Waals surface area contributed by atoms with Crippen molar-refractivity contribution in [3.8, 4) is 5.75 Å². The summed E-state index contributed by atoms with van der Waals surface area (Å²) >= 11 is 0. The molecule has 4 amide bonds. The lowest BCUT2D eigenvalue weighted by molar-refractivity contribution is -0.121. The standard InChI is InChI=1S/C22H19N3O5/c1-3-10-24-17-9-8-14(11-18(17)30-12-19(24)26)23-20(27)13(2)25-21(28)15-6-4-5-7-16(15)22(25)29/h3-9,11,13H,1,10,12H2,2H3,(H,23,27). The van der Waals surface area contributed by atoms with Crippen LogP contribution in [0.2, 0.25) is 0 Å². The fourth-order valence-electron chi connectivity index (χ4n) is 3.54. The molecule has 8 nitrogen and oxygen atoms in total. The molecule has 0 aliphatic carbocycles. The number of fused-ring (bicyclic) bond motifs is 2. The first-order valence-electron chi connectivity index (χ1n) is 9.38. The summed E-state index contributed by atoms with van der Waals surface area (Å²) in [6.07, 6.45) is 1.62. The van der Waals surface area contributed by atoms with Crippen LogP contribution in [0.15, 0.2) is 55.1 Å². The molecule has 4 rings (SSSR count). The SMILES string of the molecule is C=CCN1C(=O)COc2cc(NC(=O)C(C)N3C(=O)c4ccccc4C3=O)ccc21. The van der Waals surface area contributed by atoms with E-state index in [2.05, 4.69) is 11.9 Å². The Kier molecular flexibility index (Phi) is 4.83. The number of hydrogen-bond acceptors (Lipinski definition) is 5. The van der Waals surface area contributed by atoms with Gasteiger partial charge in [0.05, 0.1) is 16.8 Å². The average Bonchev–Trinajstić information content (AvgIpc) is 3.00. The van der Waals surface area contributed by atoms with Crippen molar-refractivity contribution in [1.82, 2.24) is 4.90 Å². The lowest BCUT2D eigenvalue weighted by atomic mass is 10.1. The Morgan fingerprint density at radius 1 is 1.17 bits per heavy atom. The normalized spacial score (nSPS) is 16.0. The molecule has 8 heteroatoms. The summed E-state index contributed by atoms with van der Waals surface area (Å²) in [5.41, 5.74) is 1.58. The molecule has 152 valence electrons.